The first-order chi connectivity index (χ1) is 9.79. The van der Waals surface area contributed by atoms with Gasteiger partial charge in [0.25, 0.3) is 0 Å². The predicted molar refractivity (Wildman–Crippen MR) is 79.2 cm³/mol. The number of aliphatic hydroxyl groups is 1. The van der Waals surface area contributed by atoms with E-state index in [-0.39, 0.29) is 6.61 Å². The highest BCUT2D eigenvalue weighted by molar-refractivity contribution is 6.35. The minimum absolute atomic E-state index is 0.116. The number of halogens is 1. The van der Waals surface area contributed by atoms with Crippen molar-refractivity contribution in [3.8, 4) is 11.5 Å². The molecule has 0 saturated carbocycles. The first-order valence-corrected chi connectivity index (χ1v) is 6.56. The van der Waals surface area contributed by atoms with Crippen LogP contribution in [0.1, 0.15) is 5.56 Å². The summed E-state index contributed by atoms with van der Waals surface area (Å²) >= 11 is 6.18. The molecule has 0 amide bonds. The zero-order valence-electron chi connectivity index (χ0n) is 10.6. The first kappa shape index (κ1) is 12.9. The van der Waals surface area contributed by atoms with E-state index in [1.807, 2.05) is 30.3 Å². The van der Waals surface area contributed by atoms with Crippen molar-refractivity contribution in [2.45, 2.75) is 6.61 Å². The molecule has 1 N–H and O–H groups in total. The van der Waals surface area contributed by atoms with Crippen LogP contribution in [-0.4, -0.2) is 10.1 Å². The van der Waals surface area contributed by atoms with Crippen molar-refractivity contribution >= 4 is 22.4 Å². The molecule has 1 aromatic heterocycles. The van der Waals surface area contributed by atoms with Crippen LogP contribution in [-0.2, 0) is 6.61 Å². The Morgan fingerprint density at radius 2 is 1.80 bits per heavy atom. The molecule has 2 aromatic carbocycles. The fraction of sp³-hybridized carbons (Fsp3) is 0.0625. The Hall–Kier alpha value is -2.10. The van der Waals surface area contributed by atoms with Gasteiger partial charge in [-0.25, -0.2) is 0 Å². The number of rotatable bonds is 3. The Kier molecular flexibility index (Phi) is 3.54. The van der Waals surface area contributed by atoms with Crippen LogP contribution in [0.15, 0.2) is 54.9 Å². The van der Waals surface area contributed by atoms with Crippen molar-refractivity contribution in [2.75, 3.05) is 0 Å². The molecule has 0 unspecified atom stereocenters. The van der Waals surface area contributed by atoms with Crippen LogP contribution < -0.4 is 4.74 Å². The third-order valence-electron chi connectivity index (χ3n) is 3.08. The number of pyridine rings is 1. The SMILES string of the molecule is OCc1cnccc1Oc1ccc(Cl)c2ccccc12. The van der Waals surface area contributed by atoms with Crippen molar-refractivity contribution < 1.29 is 9.84 Å². The number of aromatic nitrogens is 1. The average molecular weight is 286 g/mol. The van der Waals surface area contributed by atoms with Gasteiger partial charge in [0.1, 0.15) is 11.5 Å². The Labute approximate surface area is 121 Å². The second-order valence-electron chi connectivity index (χ2n) is 4.33. The molecule has 0 aliphatic heterocycles. The molecule has 3 rings (SSSR count). The van der Waals surface area contributed by atoms with Gasteiger partial charge in [-0.15, -0.1) is 0 Å². The van der Waals surface area contributed by atoms with Gasteiger partial charge in [0.05, 0.1) is 6.61 Å². The van der Waals surface area contributed by atoms with Crippen LogP contribution in [0, 0.1) is 0 Å². The molecule has 0 spiro atoms. The molecule has 1 heterocycles. The maximum absolute atomic E-state index is 9.31. The van der Waals surface area contributed by atoms with Crippen molar-refractivity contribution in [3.05, 3.63) is 65.4 Å². The molecule has 3 aromatic rings. The monoisotopic (exact) mass is 285 g/mol. The molecule has 0 atom stereocenters. The van der Waals surface area contributed by atoms with E-state index in [9.17, 15) is 5.11 Å². The maximum atomic E-state index is 9.31. The van der Waals surface area contributed by atoms with Crippen LogP contribution in [0.3, 0.4) is 0 Å². The highest BCUT2D eigenvalue weighted by Crippen LogP contribution is 2.34. The number of nitrogens with zero attached hydrogens (tertiary/aromatic N) is 1. The van der Waals surface area contributed by atoms with E-state index in [4.69, 9.17) is 16.3 Å². The zero-order chi connectivity index (χ0) is 13.9. The van der Waals surface area contributed by atoms with Crippen molar-refractivity contribution in [3.63, 3.8) is 0 Å². The number of benzene rings is 2. The van der Waals surface area contributed by atoms with Crippen LogP contribution in [0.25, 0.3) is 10.8 Å². The summed E-state index contributed by atoms with van der Waals surface area (Å²) in [5.74, 6) is 1.29. The summed E-state index contributed by atoms with van der Waals surface area (Å²) in [6.07, 6.45) is 3.22. The fourth-order valence-electron chi connectivity index (χ4n) is 2.07. The summed E-state index contributed by atoms with van der Waals surface area (Å²) in [5, 5.41) is 11.9. The van der Waals surface area contributed by atoms with Crippen molar-refractivity contribution in [1.82, 2.24) is 4.98 Å². The van der Waals surface area contributed by atoms with Crippen LogP contribution in [0.2, 0.25) is 5.02 Å². The second kappa shape index (κ2) is 5.49. The zero-order valence-corrected chi connectivity index (χ0v) is 11.3. The van der Waals surface area contributed by atoms with Crippen molar-refractivity contribution in [2.24, 2.45) is 0 Å². The fourth-order valence-corrected chi connectivity index (χ4v) is 2.30. The van der Waals surface area contributed by atoms with Gasteiger partial charge in [-0.2, -0.15) is 0 Å². The maximum Gasteiger partial charge on any atom is 0.136 e. The topological polar surface area (TPSA) is 42.4 Å². The van der Waals surface area contributed by atoms with E-state index in [1.54, 1.807) is 24.5 Å². The summed E-state index contributed by atoms with van der Waals surface area (Å²) in [5.41, 5.74) is 0.645. The van der Waals surface area contributed by atoms with E-state index in [0.717, 1.165) is 10.8 Å². The molecule has 100 valence electrons. The molecule has 3 nitrogen and oxygen atoms in total. The van der Waals surface area contributed by atoms with Gasteiger partial charge < -0.3 is 9.84 Å². The summed E-state index contributed by atoms with van der Waals surface area (Å²) < 4.78 is 5.91. The van der Waals surface area contributed by atoms with Crippen LogP contribution in [0.5, 0.6) is 11.5 Å². The van der Waals surface area contributed by atoms with Gasteiger partial charge in [-0.1, -0.05) is 35.9 Å². The Balaban J connectivity index is 2.09. The Bertz CT molecular complexity index is 758. The number of aliphatic hydroxyl groups excluding tert-OH is 1. The van der Waals surface area contributed by atoms with E-state index < -0.39 is 0 Å². The normalized spacial score (nSPS) is 10.7. The van der Waals surface area contributed by atoms with E-state index in [0.29, 0.717) is 22.1 Å². The van der Waals surface area contributed by atoms with E-state index in [1.165, 1.54) is 0 Å². The third kappa shape index (κ3) is 2.33. The van der Waals surface area contributed by atoms with Crippen LogP contribution >= 0.6 is 11.6 Å². The summed E-state index contributed by atoms with van der Waals surface area (Å²) in [6.45, 7) is -0.116. The van der Waals surface area contributed by atoms with E-state index >= 15 is 0 Å². The lowest BCUT2D eigenvalue weighted by molar-refractivity contribution is 0.276. The van der Waals surface area contributed by atoms with Gasteiger partial charge in [0, 0.05) is 33.8 Å². The van der Waals surface area contributed by atoms with Crippen molar-refractivity contribution in [1.29, 1.82) is 0 Å². The minimum atomic E-state index is -0.116. The first-order valence-electron chi connectivity index (χ1n) is 6.18. The Morgan fingerprint density at radius 3 is 2.60 bits per heavy atom. The Morgan fingerprint density at radius 1 is 1.00 bits per heavy atom. The molecule has 0 saturated heterocycles. The summed E-state index contributed by atoms with van der Waals surface area (Å²) in [7, 11) is 0. The average Bonchev–Trinajstić information content (AvgIpc) is 2.51. The summed E-state index contributed by atoms with van der Waals surface area (Å²) in [4.78, 5) is 3.97. The molecule has 0 bridgehead atoms. The lowest BCUT2D eigenvalue weighted by Crippen LogP contribution is -1.93. The van der Waals surface area contributed by atoms with Gasteiger partial charge in [0.2, 0.25) is 0 Å². The molecule has 0 fully saturated rings. The third-order valence-corrected chi connectivity index (χ3v) is 3.41. The highest BCUT2D eigenvalue weighted by Gasteiger charge is 2.08. The standard InChI is InChI=1S/C16H12ClNO2/c17-14-5-6-16(13-4-2-1-3-12(13)14)20-15-7-8-18-9-11(15)10-19/h1-9,19H,10H2. The molecule has 0 aliphatic carbocycles. The number of hydrogen-bond donors (Lipinski definition) is 1. The molecule has 20 heavy (non-hydrogen) atoms. The smallest absolute Gasteiger partial charge is 0.136 e. The molecular formula is C16H12ClNO2. The van der Waals surface area contributed by atoms with E-state index in [2.05, 4.69) is 4.98 Å². The molecular weight excluding hydrogens is 274 g/mol. The number of ether oxygens (including phenoxy) is 1. The van der Waals surface area contributed by atoms with Gasteiger partial charge in [-0.3, -0.25) is 4.98 Å². The van der Waals surface area contributed by atoms with Gasteiger partial charge >= 0.3 is 0 Å². The largest absolute Gasteiger partial charge is 0.456 e. The minimum Gasteiger partial charge on any atom is -0.456 e. The number of hydrogen-bond acceptors (Lipinski definition) is 3. The second-order valence-corrected chi connectivity index (χ2v) is 4.74. The quantitative estimate of drug-likeness (QED) is 0.785. The lowest BCUT2D eigenvalue weighted by Gasteiger charge is -2.12. The molecule has 0 radical (unpaired) electrons. The summed E-state index contributed by atoms with van der Waals surface area (Å²) in [6, 6.07) is 13.1. The molecule has 0 aliphatic rings. The lowest BCUT2D eigenvalue weighted by atomic mass is 10.1. The van der Waals surface area contributed by atoms with Gasteiger partial charge in [0.15, 0.2) is 0 Å². The predicted octanol–water partition coefficient (Wildman–Crippen LogP) is 4.17. The molecule has 4 heteroatoms. The van der Waals surface area contributed by atoms with Gasteiger partial charge in [-0.05, 0) is 18.2 Å². The van der Waals surface area contributed by atoms with Crippen LogP contribution in [0.4, 0.5) is 0 Å². The number of fused-ring (bicyclic) bond motifs is 1. The highest BCUT2D eigenvalue weighted by atomic mass is 35.5.